The Hall–Kier alpha value is -7.63. The number of para-hydroxylation sites is 1. The Bertz CT molecular complexity index is 3510. The van der Waals surface area contributed by atoms with E-state index in [1.165, 1.54) is 32.3 Å². The first-order chi connectivity index (χ1) is 27.7. The van der Waals surface area contributed by atoms with Gasteiger partial charge in [0, 0.05) is 38.2 Å². The normalized spacial score (nSPS) is 11.9. The molecule has 9 aromatic carbocycles. The second-order valence-electron chi connectivity index (χ2n) is 14.3. The first-order valence-electron chi connectivity index (χ1n) is 18.8. The van der Waals surface area contributed by atoms with Crippen LogP contribution in [0.2, 0.25) is 0 Å². The second-order valence-corrected chi connectivity index (χ2v) is 14.3. The van der Waals surface area contributed by atoms with Gasteiger partial charge in [-0.3, -0.25) is 0 Å². The summed E-state index contributed by atoms with van der Waals surface area (Å²) in [6, 6.07) is 61.0. The zero-order valence-electron chi connectivity index (χ0n) is 29.9. The van der Waals surface area contributed by atoms with Crippen LogP contribution in [-0.4, -0.2) is 15.0 Å². The molecule has 0 aliphatic heterocycles. The van der Waals surface area contributed by atoms with E-state index in [9.17, 15) is 0 Å². The Balaban J connectivity index is 1.01. The highest BCUT2D eigenvalue weighted by Crippen LogP contribution is 2.40. The van der Waals surface area contributed by atoms with Crippen molar-refractivity contribution in [2.75, 3.05) is 0 Å². The minimum absolute atomic E-state index is 0.582. The minimum atomic E-state index is 0.582. The summed E-state index contributed by atoms with van der Waals surface area (Å²) in [5.74, 6) is 1.81. The predicted octanol–water partition coefficient (Wildman–Crippen LogP) is 13.8. The van der Waals surface area contributed by atoms with Gasteiger partial charge in [0.1, 0.15) is 22.3 Å². The van der Waals surface area contributed by atoms with Crippen molar-refractivity contribution >= 4 is 76.2 Å². The summed E-state index contributed by atoms with van der Waals surface area (Å²) in [6.07, 6.45) is 0. The molecule has 0 aliphatic rings. The molecule has 12 aromatic rings. The third kappa shape index (κ3) is 4.71. The van der Waals surface area contributed by atoms with Crippen molar-refractivity contribution in [2.45, 2.75) is 0 Å². The van der Waals surface area contributed by atoms with Crippen molar-refractivity contribution in [3.8, 4) is 45.3 Å². The number of aromatic nitrogens is 3. The average Bonchev–Trinajstić information content (AvgIpc) is 3.84. The molecule has 0 N–H and O–H groups in total. The molecular formula is C51H29N3O2. The molecule has 3 aromatic heterocycles. The Kier molecular flexibility index (Phi) is 6.56. The second kappa shape index (κ2) is 11.9. The van der Waals surface area contributed by atoms with Crippen LogP contribution >= 0.6 is 0 Å². The van der Waals surface area contributed by atoms with Gasteiger partial charge < -0.3 is 8.83 Å². The number of nitrogens with zero attached hydrogens (tertiary/aromatic N) is 3. The molecule has 0 saturated heterocycles. The summed E-state index contributed by atoms with van der Waals surface area (Å²) < 4.78 is 12.8. The van der Waals surface area contributed by atoms with Crippen LogP contribution in [0.25, 0.3) is 121 Å². The molecule has 0 radical (unpaired) electrons. The first-order valence-corrected chi connectivity index (χ1v) is 18.8. The van der Waals surface area contributed by atoms with Crippen LogP contribution in [0.3, 0.4) is 0 Å². The molecule has 0 fully saturated rings. The highest BCUT2D eigenvalue weighted by molar-refractivity contribution is 6.25. The summed E-state index contributed by atoms with van der Waals surface area (Å²) in [5, 5.41) is 11.6. The monoisotopic (exact) mass is 715 g/mol. The molecule has 56 heavy (non-hydrogen) atoms. The van der Waals surface area contributed by atoms with Gasteiger partial charge >= 0.3 is 0 Å². The van der Waals surface area contributed by atoms with Crippen LogP contribution in [0, 0.1) is 0 Å². The Morgan fingerprint density at radius 1 is 0.268 bits per heavy atom. The van der Waals surface area contributed by atoms with Crippen LogP contribution in [0.15, 0.2) is 185 Å². The number of fused-ring (bicyclic) bond motifs is 12. The summed E-state index contributed by atoms with van der Waals surface area (Å²) in [4.78, 5) is 15.3. The van der Waals surface area contributed by atoms with Gasteiger partial charge in [-0.15, -0.1) is 0 Å². The molecule has 0 spiro atoms. The van der Waals surface area contributed by atoms with Crippen LogP contribution < -0.4 is 0 Å². The lowest BCUT2D eigenvalue weighted by Crippen LogP contribution is -2.00. The molecule has 0 atom stereocenters. The fraction of sp³-hybridized carbons (Fsp3) is 0. The fourth-order valence-electron chi connectivity index (χ4n) is 8.50. The van der Waals surface area contributed by atoms with Crippen LogP contribution in [0.5, 0.6) is 0 Å². The van der Waals surface area contributed by atoms with E-state index in [1.807, 2.05) is 60.7 Å². The lowest BCUT2D eigenvalue weighted by molar-refractivity contribution is 0.668. The molecule has 260 valence electrons. The molecule has 5 heteroatoms. The third-order valence-corrected chi connectivity index (χ3v) is 11.1. The third-order valence-electron chi connectivity index (χ3n) is 11.1. The van der Waals surface area contributed by atoms with Gasteiger partial charge in [0.15, 0.2) is 17.5 Å². The van der Waals surface area contributed by atoms with Crippen LogP contribution in [0.4, 0.5) is 0 Å². The molecule has 12 rings (SSSR count). The molecular weight excluding hydrogens is 687 g/mol. The highest BCUT2D eigenvalue weighted by Gasteiger charge is 2.18. The van der Waals surface area contributed by atoms with Gasteiger partial charge in [-0.05, 0) is 85.9 Å². The molecule has 0 aliphatic carbocycles. The van der Waals surface area contributed by atoms with Gasteiger partial charge in [-0.1, -0.05) is 133 Å². The van der Waals surface area contributed by atoms with Gasteiger partial charge in [-0.2, -0.15) is 0 Å². The smallest absolute Gasteiger partial charge is 0.164 e. The molecule has 0 bridgehead atoms. The topological polar surface area (TPSA) is 65.0 Å². The van der Waals surface area contributed by atoms with E-state index in [2.05, 4.69) is 115 Å². The molecule has 0 saturated carbocycles. The standard InChI is InChI=1S/C51H29N3O2/c1-2-11-30(12-3-1)49-52-50(32-22-24-39-37-15-5-4-13-35(37)36-14-6-7-16-38(36)43(39)27-32)54-51(53-49)33-23-26-41-40-25-21-31(28-46(40)56-47(41)29-33)34-18-10-20-45-48(34)42-17-8-9-19-44(42)55-45/h1-29H. The van der Waals surface area contributed by atoms with E-state index in [0.717, 1.165) is 71.7 Å². The number of furan rings is 2. The number of hydrogen-bond donors (Lipinski definition) is 0. The molecule has 0 unspecified atom stereocenters. The van der Waals surface area contributed by atoms with Crippen molar-refractivity contribution in [3.63, 3.8) is 0 Å². The van der Waals surface area contributed by atoms with Crippen molar-refractivity contribution in [2.24, 2.45) is 0 Å². The fourth-order valence-corrected chi connectivity index (χ4v) is 8.50. The van der Waals surface area contributed by atoms with Crippen molar-refractivity contribution in [1.29, 1.82) is 0 Å². The van der Waals surface area contributed by atoms with Crippen LogP contribution in [-0.2, 0) is 0 Å². The Morgan fingerprint density at radius 3 is 1.41 bits per heavy atom. The lowest BCUT2D eigenvalue weighted by Gasteiger charge is -2.12. The van der Waals surface area contributed by atoms with Crippen molar-refractivity contribution < 1.29 is 8.83 Å². The molecule has 5 nitrogen and oxygen atoms in total. The van der Waals surface area contributed by atoms with E-state index in [0.29, 0.717) is 17.5 Å². The zero-order valence-corrected chi connectivity index (χ0v) is 29.9. The maximum atomic E-state index is 6.62. The SMILES string of the molecule is c1ccc(-c2nc(-c3ccc4c(c3)oc3cc(-c5cccc6oc7ccccc7c56)ccc34)nc(-c3ccc4c5ccccc5c5ccccc5c4c3)n2)cc1. The van der Waals surface area contributed by atoms with Gasteiger partial charge in [0.25, 0.3) is 0 Å². The minimum Gasteiger partial charge on any atom is -0.456 e. The largest absolute Gasteiger partial charge is 0.456 e. The van der Waals surface area contributed by atoms with Gasteiger partial charge in [0.2, 0.25) is 0 Å². The number of benzene rings is 9. The van der Waals surface area contributed by atoms with Crippen molar-refractivity contribution in [1.82, 2.24) is 15.0 Å². The molecule has 3 heterocycles. The van der Waals surface area contributed by atoms with E-state index < -0.39 is 0 Å². The average molecular weight is 716 g/mol. The summed E-state index contributed by atoms with van der Waals surface area (Å²) in [6.45, 7) is 0. The highest BCUT2D eigenvalue weighted by atomic mass is 16.3. The maximum Gasteiger partial charge on any atom is 0.164 e. The van der Waals surface area contributed by atoms with Crippen molar-refractivity contribution in [3.05, 3.63) is 176 Å². The van der Waals surface area contributed by atoms with Gasteiger partial charge in [0.05, 0.1) is 0 Å². The van der Waals surface area contributed by atoms with E-state index in [1.54, 1.807) is 0 Å². The summed E-state index contributed by atoms with van der Waals surface area (Å²) in [7, 11) is 0. The summed E-state index contributed by atoms with van der Waals surface area (Å²) >= 11 is 0. The van der Waals surface area contributed by atoms with Crippen LogP contribution in [0.1, 0.15) is 0 Å². The van der Waals surface area contributed by atoms with E-state index >= 15 is 0 Å². The lowest BCUT2D eigenvalue weighted by atomic mass is 9.93. The van der Waals surface area contributed by atoms with E-state index in [-0.39, 0.29) is 0 Å². The Labute approximate surface area is 320 Å². The number of rotatable bonds is 4. The number of hydrogen-bond acceptors (Lipinski definition) is 5. The summed E-state index contributed by atoms with van der Waals surface area (Å²) in [5.41, 5.74) is 8.22. The quantitative estimate of drug-likeness (QED) is 0.170. The first kappa shape index (κ1) is 30.8. The Morgan fingerprint density at radius 2 is 0.732 bits per heavy atom. The zero-order chi connectivity index (χ0) is 36.7. The van der Waals surface area contributed by atoms with Gasteiger partial charge in [-0.25, -0.2) is 15.0 Å². The predicted molar refractivity (Wildman–Crippen MR) is 229 cm³/mol. The van der Waals surface area contributed by atoms with E-state index in [4.69, 9.17) is 23.8 Å². The molecule has 0 amide bonds. The maximum absolute atomic E-state index is 6.62.